The van der Waals surface area contributed by atoms with Crippen LogP contribution >= 0.6 is 11.6 Å². The predicted molar refractivity (Wildman–Crippen MR) is 97.4 cm³/mol. The molecule has 0 aliphatic carbocycles. The van der Waals surface area contributed by atoms with Gasteiger partial charge in [-0.1, -0.05) is 54.1 Å². The molecule has 1 aromatic heterocycles. The Labute approximate surface area is 154 Å². The summed E-state index contributed by atoms with van der Waals surface area (Å²) in [5.74, 6) is -0.374. The summed E-state index contributed by atoms with van der Waals surface area (Å²) in [6, 6.07) is 17.2. The monoisotopic (exact) mass is 375 g/mol. The van der Waals surface area contributed by atoms with Gasteiger partial charge in [0.05, 0.1) is 10.7 Å². The van der Waals surface area contributed by atoms with Crippen LogP contribution in [-0.4, -0.2) is 15.7 Å². The SMILES string of the molecule is Cc1c(Cl)c(C(F)F)nn1CC(=O)Nc1ccc(-c2ccccc2)cc1. The van der Waals surface area contributed by atoms with Crippen molar-refractivity contribution in [1.29, 1.82) is 0 Å². The molecule has 0 aliphatic heterocycles. The van der Waals surface area contributed by atoms with E-state index in [9.17, 15) is 13.6 Å². The highest BCUT2D eigenvalue weighted by Crippen LogP contribution is 2.28. The second-order valence-electron chi connectivity index (χ2n) is 5.73. The molecule has 0 saturated heterocycles. The number of amides is 1. The molecule has 0 atom stereocenters. The maximum atomic E-state index is 12.8. The molecule has 0 spiro atoms. The zero-order valence-corrected chi connectivity index (χ0v) is 14.7. The lowest BCUT2D eigenvalue weighted by Gasteiger charge is -2.08. The molecule has 134 valence electrons. The lowest BCUT2D eigenvalue weighted by atomic mass is 10.1. The number of hydrogen-bond acceptors (Lipinski definition) is 2. The van der Waals surface area contributed by atoms with E-state index in [0.29, 0.717) is 11.4 Å². The van der Waals surface area contributed by atoms with Gasteiger partial charge in [-0.25, -0.2) is 8.78 Å². The zero-order valence-electron chi connectivity index (χ0n) is 13.9. The number of nitrogens with one attached hydrogen (secondary N) is 1. The largest absolute Gasteiger partial charge is 0.324 e. The van der Waals surface area contributed by atoms with E-state index in [4.69, 9.17) is 11.6 Å². The number of carbonyl (C=O) groups is 1. The fourth-order valence-corrected chi connectivity index (χ4v) is 2.77. The normalized spacial score (nSPS) is 11.0. The molecule has 7 heteroatoms. The molecule has 0 saturated carbocycles. The van der Waals surface area contributed by atoms with Crippen LogP contribution < -0.4 is 5.32 Å². The Hall–Kier alpha value is -2.73. The van der Waals surface area contributed by atoms with Crippen LogP contribution in [-0.2, 0) is 11.3 Å². The molecule has 4 nitrogen and oxygen atoms in total. The van der Waals surface area contributed by atoms with E-state index in [-0.39, 0.29) is 17.5 Å². The van der Waals surface area contributed by atoms with Crippen molar-refractivity contribution in [2.45, 2.75) is 19.9 Å². The molecule has 0 fully saturated rings. The van der Waals surface area contributed by atoms with Gasteiger partial charge in [-0.05, 0) is 30.2 Å². The van der Waals surface area contributed by atoms with Gasteiger partial charge in [-0.2, -0.15) is 5.10 Å². The van der Waals surface area contributed by atoms with E-state index in [1.165, 1.54) is 4.68 Å². The summed E-state index contributed by atoms with van der Waals surface area (Å²) in [6.45, 7) is 1.35. The number of nitrogens with zero attached hydrogens (tertiary/aromatic N) is 2. The van der Waals surface area contributed by atoms with Crippen LogP contribution in [0.15, 0.2) is 54.6 Å². The van der Waals surface area contributed by atoms with Gasteiger partial charge in [0.2, 0.25) is 5.91 Å². The highest BCUT2D eigenvalue weighted by atomic mass is 35.5. The molecular weight excluding hydrogens is 360 g/mol. The maximum Gasteiger partial charge on any atom is 0.283 e. The quantitative estimate of drug-likeness (QED) is 0.675. The van der Waals surface area contributed by atoms with E-state index in [1.807, 2.05) is 42.5 Å². The van der Waals surface area contributed by atoms with Crippen molar-refractivity contribution in [3.8, 4) is 11.1 Å². The summed E-state index contributed by atoms with van der Waals surface area (Å²) >= 11 is 5.83. The lowest BCUT2D eigenvalue weighted by molar-refractivity contribution is -0.117. The molecule has 0 aliphatic rings. The molecule has 1 N–H and O–H groups in total. The third kappa shape index (κ3) is 3.91. The smallest absolute Gasteiger partial charge is 0.283 e. The van der Waals surface area contributed by atoms with Gasteiger partial charge in [-0.15, -0.1) is 0 Å². The molecule has 3 aromatic rings. The van der Waals surface area contributed by atoms with Gasteiger partial charge < -0.3 is 5.32 Å². The highest BCUT2D eigenvalue weighted by Gasteiger charge is 2.21. The number of benzene rings is 2. The Morgan fingerprint density at radius 2 is 1.73 bits per heavy atom. The first-order chi connectivity index (χ1) is 12.5. The molecular formula is C19H16ClF2N3O. The Morgan fingerprint density at radius 1 is 1.12 bits per heavy atom. The maximum absolute atomic E-state index is 12.8. The van der Waals surface area contributed by atoms with Crippen LogP contribution in [0.2, 0.25) is 5.02 Å². The first-order valence-corrected chi connectivity index (χ1v) is 8.30. The van der Waals surface area contributed by atoms with Crippen LogP contribution in [0.5, 0.6) is 0 Å². The van der Waals surface area contributed by atoms with Crippen molar-refractivity contribution < 1.29 is 13.6 Å². The van der Waals surface area contributed by atoms with Crippen LogP contribution in [0.1, 0.15) is 17.8 Å². The van der Waals surface area contributed by atoms with Gasteiger partial charge in [0, 0.05) is 5.69 Å². The Morgan fingerprint density at radius 3 is 2.31 bits per heavy atom. The van der Waals surface area contributed by atoms with E-state index < -0.39 is 12.1 Å². The minimum absolute atomic E-state index is 0.111. The van der Waals surface area contributed by atoms with Crippen LogP contribution in [0, 0.1) is 6.92 Å². The number of hydrogen-bond donors (Lipinski definition) is 1. The predicted octanol–water partition coefficient (Wildman–Crippen LogP) is 5.09. The highest BCUT2D eigenvalue weighted by molar-refractivity contribution is 6.31. The van der Waals surface area contributed by atoms with Crippen LogP contribution in [0.4, 0.5) is 14.5 Å². The van der Waals surface area contributed by atoms with Gasteiger partial charge in [0.1, 0.15) is 12.2 Å². The van der Waals surface area contributed by atoms with Crippen molar-refractivity contribution in [3.05, 3.63) is 71.0 Å². The fraction of sp³-hybridized carbons (Fsp3) is 0.158. The Bertz CT molecular complexity index is 909. The molecule has 2 aromatic carbocycles. The molecule has 0 unspecified atom stereocenters. The fourth-order valence-electron chi connectivity index (χ4n) is 2.55. The summed E-state index contributed by atoms with van der Waals surface area (Å²) in [7, 11) is 0. The van der Waals surface area contributed by atoms with Crippen molar-refractivity contribution in [3.63, 3.8) is 0 Å². The number of rotatable bonds is 5. The Kier molecular flexibility index (Phi) is 5.32. The Balaban J connectivity index is 1.68. The van der Waals surface area contributed by atoms with Gasteiger partial charge in [0.25, 0.3) is 6.43 Å². The number of alkyl halides is 2. The molecule has 1 amide bonds. The number of aromatic nitrogens is 2. The van der Waals surface area contributed by atoms with E-state index in [2.05, 4.69) is 10.4 Å². The van der Waals surface area contributed by atoms with E-state index >= 15 is 0 Å². The summed E-state index contributed by atoms with van der Waals surface area (Å²) < 4.78 is 26.8. The standard InChI is InChI=1S/C19H16ClF2N3O/c1-12-17(20)18(19(21)22)24-25(12)11-16(26)23-15-9-7-14(8-10-15)13-5-3-2-4-6-13/h2-10,19H,11H2,1H3,(H,23,26). The van der Waals surface area contributed by atoms with Gasteiger partial charge >= 0.3 is 0 Å². The van der Waals surface area contributed by atoms with E-state index in [1.54, 1.807) is 19.1 Å². The van der Waals surface area contributed by atoms with Gasteiger partial charge in [-0.3, -0.25) is 9.48 Å². The molecule has 1 heterocycles. The van der Waals surface area contributed by atoms with Gasteiger partial charge in [0.15, 0.2) is 0 Å². The van der Waals surface area contributed by atoms with Crippen molar-refractivity contribution in [2.75, 3.05) is 5.32 Å². The summed E-state index contributed by atoms with van der Waals surface area (Å²) in [5, 5.41) is 6.33. The third-order valence-corrected chi connectivity index (χ3v) is 4.40. The minimum atomic E-state index is -2.78. The van der Waals surface area contributed by atoms with Crippen LogP contribution in [0.25, 0.3) is 11.1 Å². The molecule has 0 bridgehead atoms. The van der Waals surface area contributed by atoms with Crippen molar-refractivity contribution >= 4 is 23.2 Å². The average Bonchev–Trinajstić information content (AvgIpc) is 2.91. The first kappa shape index (κ1) is 18.1. The zero-order chi connectivity index (χ0) is 18.7. The number of anilines is 1. The first-order valence-electron chi connectivity index (χ1n) is 7.92. The van der Waals surface area contributed by atoms with Crippen molar-refractivity contribution in [1.82, 2.24) is 9.78 Å². The second kappa shape index (κ2) is 7.66. The average molecular weight is 376 g/mol. The number of carbonyl (C=O) groups excluding carboxylic acids is 1. The third-order valence-electron chi connectivity index (χ3n) is 3.93. The summed E-state index contributed by atoms with van der Waals surface area (Å²) in [6.07, 6.45) is -2.78. The lowest BCUT2D eigenvalue weighted by Crippen LogP contribution is -2.20. The van der Waals surface area contributed by atoms with Crippen LogP contribution in [0.3, 0.4) is 0 Å². The summed E-state index contributed by atoms with van der Waals surface area (Å²) in [5.41, 5.74) is 2.53. The van der Waals surface area contributed by atoms with Crippen molar-refractivity contribution in [2.24, 2.45) is 0 Å². The van der Waals surface area contributed by atoms with E-state index in [0.717, 1.165) is 11.1 Å². The molecule has 26 heavy (non-hydrogen) atoms. The second-order valence-corrected chi connectivity index (χ2v) is 6.11. The number of halogens is 3. The topological polar surface area (TPSA) is 46.9 Å². The molecule has 3 rings (SSSR count). The molecule has 0 radical (unpaired) electrons. The minimum Gasteiger partial charge on any atom is -0.324 e. The summed E-state index contributed by atoms with van der Waals surface area (Å²) in [4.78, 5) is 12.2.